The fraction of sp³-hybridized carbons (Fsp3) is 0.609. The van der Waals surface area contributed by atoms with Gasteiger partial charge >= 0.3 is 5.97 Å². The Hall–Kier alpha value is -2.77. The first-order valence-electron chi connectivity index (χ1n) is 10.8. The average molecular weight is 433 g/mol. The molecule has 8 nitrogen and oxygen atoms in total. The van der Waals surface area contributed by atoms with Crippen molar-refractivity contribution in [2.45, 2.75) is 51.7 Å². The number of amides is 2. The highest BCUT2D eigenvalue weighted by atomic mass is 16.5. The van der Waals surface area contributed by atoms with Crippen LogP contribution in [0.3, 0.4) is 0 Å². The highest BCUT2D eigenvalue weighted by Gasteiger charge is 2.42. The summed E-state index contributed by atoms with van der Waals surface area (Å²) in [4.78, 5) is 36.9. The van der Waals surface area contributed by atoms with Crippen LogP contribution in [-0.4, -0.2) is 50.7 Å². The van der Waals surface area contributed by atoms with Crippen molar-refractivity contribution in [2.24, 2.45) is 17.8 Å². The molecule has 8 heteroatoms. The lowest BCUT2D eigenvalue weighted by molar-refractivity contribution is -0.154. The molecule has 170 valence electrons. The normalized spacial score (nSPS) is 23.5. The molecular weight excluding hydrogens is 400 g/mol. The maximum Gasteiger partial charge on any atom is 0.326 e. The molecule has 2 amide bonds. The Kier molecular flexibility index (Phi) is 7.41. The largest absolute Gasteiger partial charge is 0.497 e. The SMILES string of the molecule is COc1cc(OC)cc(C(=O)NCC(=O)O[C@H](C)C(=O)N[C@H](C)[C@H]2C[C@@H]3CC[C@@H]2C3)c1. The Labute approximate surface area is 183 Å². The van der Waals surface area contributed by atoms with Crippen molar-refractivity contribution in [3.05, 3.63) is 23.8 Å². The van der Waals surface area contributed by atoms with Crippen LogP contribution in [0.1, 0.15) is 49.9 Å². The van der Waals surface area contributed by atoms with Crippen molar-refractivity contribution < 1.29 is 28.6 Å². The Morgan fingerprint density at radius 3 is 2.26 bits per heavy atom. The second-order valence-electron chi connectivity index (χ2n) is 8.55. The zero-order valence-electron chi connectivity index (χ0n) is 18.6. The minimum Gasteiger partial charge on any atom is -0.497 e. The molecule has 2 aliphatic carbocycles. The molecule has 1 aromatic rings. The van der Waals surface area contributed by atoms with Crippen molar-refractivity contribution in [1.29, 1.82) is 0 Å². The highest BCUT2D eigenvalue weighted by Crippen LogP contribution is 2.49. The summed E-state index contributed by atoms with van der Waals surface area (Å²) in [5.41, 5.74) is 0.287. The maximum absolute atomic E-state index is 12.4. The number of esters is 1. The van der Waals surface area contributed by atoms with Gasteiger partial charge in [-0.3, -0.25) is 14.4 Å². The Balaban J connectivity index is 1.44. The number of ether oxygens (including phenoxy) is 3. The van der Waals surface area contributed by atoms with Crippen molar-refractivity contribution in [2.75, 3.05) is 20.8 Å². The van der Waals surface area contributed by atoms with E-state index in [9.17, 15) is 14.4 Å². The molecule has 1 aromatic carbocycles. The number of carbonyl (C=O) groups is 3. The lowest BCUT2D eigenvalue weighted by Gasteiger charge is -2.29. The lowest BCUT2D eigenvalue weighted by Crippen LogP contribution is -2.45. The first-order chi connectivity index (χ1) is 14.8. The van der Waals surface area contributed by atoms with Crippen LogP contribution in [-0.2, 0) is 14.3 Å². The van der Waals surface area contributed by atoms with Gasteiger partial charge in [-0.2, -0.15) is 0 Å². The molecule has 0 spiro atoms. The second kappa shape index (κ2) is 10.0. The number of nitrogens with one attached hydrogen (secondary N) is 2. The number of hydrogen-bond donors (Lipinski definition) is 2. The quantitative estimate of drug-likeness (QED) is 0.581. The third kappa shape index (κ3) is 5.68. The Morgan fingerprint density at radius 2 is 1.71 bits per heavy atom. The van der Waals surface area contributed by atoms with E-state index in [1.54, 1.807) is 6.07 Å². The summed E-state index contributed by atoms with van der Waals surface area (Å²) >= 11 is 0. The molecule has 3 rings (SSSR count). The van der Waals surface area contributed by atoms with Gasteiger partial charge < -0.3 is 24.8 Å². The Morgan fingerprint density at radius 1 is 1.03 bits per heavy atom. The first kappa shape index (κ1) is 22.9. The van der Waals surface area contributed by atoms with Gasteiger partial charge in [-0.1, -0.05) is 6.42 Å². The van der Waals surface area contributed by atoms with Crippen LogP contribution in [0.15, 0.2) is 18.2 Å². The molecule has 2 fully saturated rings. The molecule has 0 aromatic heterocycles. The predicted molar refractivity (Wildman–Crippen MR) is 114 cm³/mol. The monoisotopic (exact) mass is 432 g/mol. The van der Waals surface area contributed by atoms with Gasteiger partial charge in [-0.25, -0.2) is 0 Å². The van der Waals surface area contributed by atoms with Crippen LogP contribution in [0.5, 0.6) is 11.5 Å². The fourth-order valence-electron chi connectivity index (χ4n) is 4.84. The van der Waals surface area contributed by atoms with Crippen LogP contribution in [0.4, 0.5) is 0 Å². The van der Waals surface area contributed by atoms with Gasteiger partial charge in [0, 0.05) is 17.7 Å². The molecule has 2 saturated carbocycles. The second-order valence-corrected chi connectivity index (χ2v) is 8.55. The molecule has 2 bridgehead atoms. The highest BCUT2D eigenvalue weighted by molar-refractivity contribution is 5.97. The molecule has 5 atom stereocenters. The van der Waals surface area contributed by atoms with Gasteiger partial charge in [0.05, 0.1) is 14.2 Å². The topological polar surface area (TPSA) is 103 Å². The summed E-state index contributed by atoms with van der Waals surface area (Å²) in [5, 5.41) is 5.49. The minimum atomic E-state index is -0.928. The van der Waals surface area contributed by atoms with Crippen LogP contribution in [0.2, 0.25) is 0 Å². The van der Waals surface area contributed by atoms with Gasteiger partial charge in [-0.05, 0) is 63.0 Å². The van der Waals surface area contributed by atoms with Gasteiger partial charge in [0.15, 0.2) is 6.10 Å². The van der Waals surface area contributed by atoms with E-state index in [0.717, 1.165) is 5.92 Å². The number of hydrogen-bond acceptors (Lipinski definition) is 6. The van der Waals surface area contributed by atoms with E-state index in [1.165, 1.54) is 59.0 Å². The molecule has 0 radical (unpaired) electrons. The minimum absolute atomic E-state index is 0.0618. The summed E-state index contributed by atoms with van der Waals surface area (Å²) in [6.07, 6.45) is 4.07. The van der Waals surface area contributed by atoms with Crippen LogP contribution in [0.25, 0.3) is 0 Å². The van der Waals surface area contributed by atoms with Crippen molar-refractivity contribution in [1.82, 2.24) is 10.6 Å². The molecule has 0 saturated heterocycles. The van der Waals surface area contributed by atoms with Crippen molar-refractivity contribution in [3.8, 4) is 11.5 Å². The lowest BCUT2D eigenvalue weighted by atomic mass is 9.84. The number of methoxy groups -OCH3 is 2. The van der Waals surface area contributed by atoms with E-state index in [2.05, 4.69) is 10.6 Å². The molecule has 2 aliphatic rings. The zero-order chi connectivity index (χ0) is 22.5. The van der Waals surface area contributed by atoms with E-state index >= 15 is 0 Å². The van der Waals surface area contributed by atoms with Gasteiger partial charge in [0.25, 0.3) is 11.8 Å². The van der Waals surface area contributed by atoms with Crippen LogP contribution in [0, 0.1) is 17.8 Å². The van der Waals surface area contributed by atoms with E-state index in [1.807, 2.05) is 6.92 Å². The molecular formula is C23H32N2O6. The van der Waals surface area contributed by atoms with E-state index in [-0.39, 0.29) is 24.1 Å². The Bertz CT molecular complexity index is 804. The van der Waals surface area contributed by atoms with Crippen molar-refractivity contribution in [3.63, 3.8) is 0 Å². The molecule has 2 N–H and O–H groups in total. The number of carbonyl (C=O) groups excluding carboxylic acids is 3. The van der Waals surface area contributed by atoms with E-state index in [0.29, 0.717) is 23.3 Å². The summed E-state index contributed by atoms with van der Waals surface area (Å²) in [5.74, 6) is 1.46. The number of rotatable bonds is 9. The fourth-order valence-corrected chi connectivity index (χ4v) is 4.84. The molecule has 0 heterocycles. The average Bonchev–Trinajstić information content (AvgIpc) is 3.40. The van der Waals surface area contributed by atoms with Crippen LogP contribution < -0.4 is 20.1 Å². The number of fused-ring (bicyclic) bond motifs is 2. The van der Waals surface area contributed by atoms with E-state index < -0.39 is 18.0 Å². The zero-order valence-corrected chi connectivity index (χ0v) is 18.6. The standard InChI is InChI=1S/C23H32N2O6/c1-13(20-8-15-5-6-16(20)7-15)25-22(27)14(2)31-21(26)12-24-23(28)17-9-18(29-3)11-19(10-17)30-4/h9-11,13-16,20H,5-8,12H2,1-4H3,(H,24,28)(H,25,27)/t13-,14-,15-,16-,20-/m1/s1. The van der Waals surface area contributed by atoms with Gasteiger partial charge in [0.2, 0.25) is 0 Å². The summed E-state index contributed by atoms with van der Waals surface area (Å²) in [6, 6.07) is 4.78. The smallest absolute Gasteiger partial charge is 0.326 e. The summed E-state index contributed by atoms with van der Waals surface area (Å²) in [6.45, 7) is 3.22. The maximum atomic E-state index is 12.4. The van der Waals surface area contributed by atoms with Crippen molar-refractivity contribution >= 4 is 17.8 Å². The molecule has 31 heavy (non-hydrogen) atoms. The van der Waals surface area contributed by atoms with Crippen LogP contribution >= 0.6 is 0 Å². The predicted octanol–water partition coefficient (Wildman–Crippen LogP) is 2.31. The van der Waals surface area contributed by atoms with Gasteiger partial charge in [-0.15, -0.1) is 0 Å². The molecule has 0 unspecified atom stereocenters. The molecule has 0 aliphatic heterocycles. The summed E-state index contributed by atoms with van der Waals surface area (Å²) < 4.78 is 15.5. The summed E-state index contributed by atoms with van der Waals surface area (Å²) in [7, 11) is 2.97. The number of benzene rings is 1. The third-order valence-corrected chi connectivity index (χ3v) is 6.49. The third-order valence-electron chi connectivity index (χ3n) is 6.49. The first-order valence-corrected chi connectivity index (χ1v) is 10.8. The van der Waals surface area contributed by atoms with E-state index in [4.69, 9.17) is 14.2 Å². The van der Waals surface area contributed by atoms with Gasteiger partial charge in [0.1, 0.15) is 18.0 Å².